The van der Waals surface area contributed by atoms with Crippen LogP contribution in [0.5, 0.6) is 0 Å². The van der Waals surface area contributed by atoms with Crippen LogP contribution in [0.15, 0.2) is 59.6 Å². The molecule has 2 aromatic carbocycles. The number of rotatable bonds is 4. The Hall–Kier alpha value is -2.57. The third kappa shape index (κ3) is 3.25. The SMILES string of the molecule is Cc1ccc(S(=O)(=O)Nc2ccc3[nH]cc(C4=CCNCC4)c3c2)cc1. The number of aromatic amines is 1. The van der Waals surface area contributed by atoms with Crippen LogP contribution >= 0.6 is 0 Å². The van der Waals surface area contributed by atoms with E-state index in [0.717, 1.165) is 41.5 Å². The van der Waals surface area contributed by atoms with Crippen LogP contribution in [0, 0.1) is 6.92 Å². The molecule has 0 radical (unpaired) electrons. The van der Waals surface area contributed by atoms with Crippen molar-refractivity contribution in [1.29, 1.82) is 0 Å². The lowest BCUT2D eigenvalue weighted by atomic mass is 9.99. The molecule has 2 heterocycles. The minimum atomic E-state index is -3.60. The maximum atomic E-state index is 12.6. The number of hydrogen-bond acceptors (Lipinski definition) is 3. The van der Waals surface area contributed by atoms with Gasteiger partial charge in [0.05, 0.1) is 4.90 Å². The molecule has 4 rings (SSSR count). The molecule has 0 bridgehead atoms. The van der Waals surface area contributed by atoms with Crippen molar-refractivity contribution in [2.24, 2.45) is 0 Å². The van der Waals surface area contributed by atoms with E-state index in [1.165, 1.54) is 5.57 Å². The van der Waals surface area contributed by atoms with E-state index in [1.807, 2.05) is 25.3 Å². The highest BCUT2D eigenvalue weighted by Gasteiger charge is 2.16. The Morgan fingerprint density at radius 2 is 1.88 bits per heavy atom. The first kappa shape index (κ1) is 16.9. The number of fused-ring (bicyclic) bond motifs is 1. The van der Waals surface area contributed by atoms with Gasteiger partial charge in [-0.25, -0.2) is 8.42 Å². The van der Waals surface area contributed by atoms with Crippen molar-refractivity contribution in [2.75, 3.05) is 17.8 Å². The van der Waals surface area contributed by atoms with Crippen LogP contribution in [0.1, 0.15) is 17.5 Å². The second kappa shape index (κ2) is 6.63. The molecule has 6 heteroatoms. The number of hydrogen-bond donors (Lipinski definition) is 3. The predicted octanol–water partition coefficient (Wildman–Crippen LogP) is 3.65. The molecule has 5 nitrogen and oxygen atoms in total. The lowest BCUT2D eigenvalue weighted by Gasteiger charge is -2.14. The van der Waals surface area contributed by atoms with Gasteiger partial charge >= 0.3 is 0 Å². The maximum Gasteiger partial charge on any atom is 0.261 e. The summed E-state index contributed by atoms with van der Waals surface area (Å²) in [4.78, 5) is 3.54. The summed E-state index contributed by atoms with van der Waals surface area (Å²) in [5.74, 6) is 0. The predicted molar refractivity (Wildman–Crippen MR) is 106 cm³/mol. The van der Waals surface area contributed by atoms with E-state index in [9.17, 15) is 8.42 Å². The summed E-state index contributed by atoms with van der Waals surface area (Å²) in [6.45, 7) is 3.75. The van der Waals surface area contributed by atoms with E-state index in [0.29, 0.717) is 5.69 Å². The van der Waals surface area contributed by atoms with Crippen molar-refractivity contribution in [1.82, 2.24) is 10.3 Å². The van der Waals surface area contributed by atoms with Crippen molar-refractivity contribution < 1.29 is 8.42 Å². The van der Waals surface area contributed by atoms with Gasteiger partial charge in [0.1, 0.15) is 0 Å². The van der Waals surface area contributed by atoms with E-state index in [-0.39, 0.29) is 4.90 Å². The Kier molecular flexibility index (Phi) is 4.30. The van der Waals surface area contributed by atoms with Crippen LogP contribution in [-0.4, -0.2) is 26.5 Å². The molecule has 1 aliphatic heterocycles. The smallest absolute Gasteiger partial charge is 0.261 e. The van der Waals surface area contributed by atoms with Gasteiger partial charge in [-0.15, -0.1) is 0 Å². The molecular formula is C20H21N3O2S. The topological polar surface area (TPSA) is 74.0 Å². The molecule has 0 unspecified atom stereocenters. The average molecular weight is 367 g/mol. The Labute approximate surface area is 153 Å². The average Bonchev–Trinajstić information content (AvgIpc) is 3.06. The van der Waals surface area contributed by atoms with Crippen molar-refractivity contribution in [3.05, 3.63) is 65.9 Å². The van der Waals surface area contributed by atoms with Gasteiger partial charge < -0.3 is 10.3 Å². The van der Waals surface area contributed by atoms with Gasteiger partial charge in [-0.05, 0) is 55.8 Å². The highest BCUT2D eigenvalue weighted by atomic mass is 32.2. The summed E-state index contributed by atoms with van der Waals surface area (Å²) < 4.78 is 28.0. The molecule has 3 N–H and O–H groups in total. The van der Waals surface area contributed by atoms with Gasteiger partial charge in [-0.2, -0.15) is 0 Å². The third-order valence-electron chi connectivity index (χ3n) is 4.68. The van der Waals surface area contributed by atoms with Crippen molar-refractivity contribution in [2.45, 2.75) is 18.2 Å². The number of benzene rings is 2. The molecule has 0 fully saturated rings. The van der Waals surface area contributed by atoms with E-state index in [2.05, 4.69) is 21.1 Å². The molecule has 0 aliphatic carbocycles. The fourth-order valence-corrected chi connectivity index (χ4v) is 4.30. The van der Waals surface area contributed by atoms with Crippen LogP contribution in [-0.2, 0) is 10.0 Å². The molecule has 26 heavy (non-hydrogen) atoms. The van der Waals surface area contributed by atoms with Crippen LogP contribution < -0.4 is 10.0 Å². The summed E-state index contributed by atoms with van der Waals surface area (Å²) in [6, 6.07) is 12.4. The van der Waals surface area contributed by atoms with Gasteiger partial charge in [0, 0.05) is 34.9 Å². The number of sulfonamides is 1. The van der Waals surface area contributed by atoms with Crippen LogP contribution in [0.2, 0.25) is 0 Å². The van der Waals surface area contributed by atoms with Crippen molar-refractivity contribution >= 4 is 32.2 Å². The largest absolute Gasteiger partial charge is 0.361 e. The Balaban J connectivity index is 1.69. The number of nitrogens with one attached hydrogen (secondary N) is 3. The summed E-state index contributed by atoms with van der Waals surface area (Å²) in [5.41, 5.74) is 5.01. The van der Waals surface area contributed by atoms with Gasteiger partial charge in [0.15, 0.2) is 0 Å². The quantitative estimate of drug-likeness (QED) is 0.659. The first-order chi connectivity index (χ1) is 12.5. The number of aryl methyl sites for hydroxylation is 1. The zero-order chi connectivity index (χ0) is 18.1. The Morgan fingerprint density at radius 3 is 2.62 bits per heavy atom. The van der Waals surface area contributed by atoms with Crippen molar-refractivity contribution in [3.8, 4) is 0 Å². The lowest BCUT2D eigenvalue weighted by Crippen LogP contribution is -2.19. The molecule has 0 amide bonds. The maximum absolute atomic E-state index is 12.6. The van der Waals surface area contributed by atoms with E-state index in [1.54, 1.807) is 30.3 Å². The molecule has 0 spiro atoms. The zero-order valence-corrected chi connectivity index (χ0v) is 15.4. The fourth-order valence-electron chi connectivity index (χ4n) is 3.25. The van der Waals surface area contributed by atoms with E-state index >= 15 is 0 Å². The third-order valence-corrected chi connectivity index (χ3v) is 6.07. The van der Waals surface area contributed by atoms with Gasteiger partial charge in [0.25, 0.3) is 10.0 Å². The normalized spacial score (nSPS) is 15.0. The first-order valence-corrected chi connectivity index (χ1v) is 10.1. The van der Waals surface area contributed by atoms with Gasteiger partial charge in [-0.3, -0.25) is 4.72 Å². The number of anilines is 1. The first-order valence-electron chi connectivity index (χ1n) is 8.64. The molecule has 0 saturated heterocycles. The van der Waals surface area contributed by atoms with Crippen molar-refractivity contribution in [3.63, 3.8) is 0 Å². The standard InChI is InChI=1S/C20H21N3O2S/c1-14-2-5-17(6-3-14)26(24,25)23-16-4-7-20-18(12-16)19(13-22-20)15-8-10-21-11-9-15/h2-8,12-13,21-23H,9-11H2,1H3. The summed E-state index contributed by atoms with van der Waals surface area (Å²) in [5, 5.41) is 4.34. The van der Waals surface area contributed by atoms with E-state index < -0.39 is 10.0 Å². The molecule has 134 valence electrons. The number of H-pyrrole nitrogens is 1. The van der Waals surface area contributed by atoms with Gasteiger partial charge in [0.2, 0.25) is 0 Å². The molecular weight excluding hydrogens is 346 g/mol. The monoisotopic (exact) mass is 367 g/mol. The second-order valence-electron chi connectivity index (χ2n) is 6.56. The van der Waals surface area contributed by atoms with E-state index in [4.69, 9.17) is 0 Å². The van der Waals surface area contributed by atoms with Gasteiger partial charge in [-0.1, -0.05) is 23.8 Å². The fraction of sp³-hybridized carbons (Fsp3) is 0.200. The number of aromatic nitrogens is 1. The highest BCUT2D eigenvalue weighted by molar-refractivity contribution is 7.92. The second-order valence-corrected chi connectivity index (χ2v) is 8.25. The Bertz CT molecular complexity index is 1080. The highest BCUT2D eigenvalue weighted by Crippen LogP contribution is 2.30. The molecule has 1 aromatic heterocycles. The van der Waals surface area contributed by atoms with Crippen LogP contribution in [0.4, 0.5) is 5.69 Å². The molecule has 0 atom stereocenters. The summed E-state index contributed by atoms with van der Waals surface area (Å²) in [7, 11) is -3.60. The Morgan fingerprint density at radius 1 is 1.08 bits per heavy atom. The van der Waals surface area contributed by atoms with Crippen LogP contribution in [0.3, 0.4) is 0 Å². The summed E-state index contributed by atoms with van der Waals surface area (Å²) >= 11 is 0. The summed E-state index contributed by atoms with van der Waals surface area (Å²) in [6.07, 6.45) is 5.15. The molecule has 1 aliphatic rings. The molecule has 3 aromatic rings. The minimum absolute atomic E-state index is 0.263. The molecule has 0 saturated carbocycles. The lowest BCUT2D eigenvalue weighted by molar-refractivity contribution is 0.601. The minimum Gasteiger partial charge on any atom is -0.361 e. The van der Waals surface area contributed by atoms with Crippen LogP contribution in [0.25, 0.3) is 16.5 Å². The zero-order valence-electron chi connectivity index (χ0n) is 14.5.